The van der Waals surface area contributed by atoms with Gasteiger partial charge in [0, 0.05) is 35.6 Å². The first-order valence-corrected chi connectivity index (χ1v) is 9.83. The summed E-state index contributed by atoms with van der Waals surface area (Å²) in [6.07, 6.45) is 1.97. The van der Waals surface area contributed by atoms with E-state index in [2.05, 4.69) is 28.2 Å². The zero-order chi connectivity index (χ0) is 21.1. The van der Waals surface area contributed by atoms with E-state index in [0.717, 1.165) is 12.8 Å². The summed E-state index contributed by atoms with van der Waals surface area (Å²) >= 11 is 0. The third kappa shape index (κ3) is 7.29. The number of rotatable bonds is 10. The van der Waals surface area contributed by atoms with Crippen molar-refractivity contribution in [3.63, 3.8) is 0 Å². The van der Waals surface area contributed by atoms with Gasteiger partial charge < -0.3 is 21.3 Å². The second-order valence-electron chi connectivity index (χ2n) is 6.53. The lowest BCUT2D eigenvalue weighted by Gasteiger charge is -2.10. The van der Waals surface area contributed by atoms with Crippen molar-refractivity contribution >= 4 is 29.1 Å². The monoisotopic (exact) mass is 396 g/mol. The van der Waals surface area contributed by atoms with Crippen LogP contribution in [-0.4, -0.2) is 37.4 Å². The summed E-state index contributed by atoms with van der Waals surface area (Å²) in [4.78, 5) is 36.0. The molecule has 0 saturated carbocycles. The van der Waals surface area contributed by atoms with Crippen molar-refractivity contribution in [2.75, 3.05) is 30.3 Å². The molecule has 0 atom stereocenters. The van der Waals surface area contributed by atoms with Crippen LogP contribution in [0.5, 0.6) is 0 Å². The number of anilines is 2. The summed E-state index contributed by atoms with van der Waals surface area (Å²) in [7, 11) is 0. The first kappa shape index (κ1) is 21.9. The highest BCUT2D eigenvalue weighted by Crippen LogP contribution is 2.12. The predicted molar refractivity (Wildman–Crippen MR) is 115 cm³/mol. The van der Waals surface area contributed by atoms with Gasteiger partial charge in [0.15, 0.2) is 0 Å². The lowest BCUT2D eigenvalue weighted by atomic mass is 10.2. The van der Waals surface area contributed by atoms with Crippen molar-refractivity contribution in [1.29, 1.82) is 0 Å². The molecule has 0 aliphatic rings. The van der Waals surface area contributed by atoms with E-state index < -0.39 is 0 Å². The Morgan fingerprint density at radius 1 is 0.828 bits per heavy atom. The molecule has 0 fully saturated rings. The molecule has 7 nitrogen and oxygen atoms in total. The number of benzene rings is 2. The topological polar surface area (TPSA) is 99.3 Å². The van der Waals surface area contributed by atoms with Crippen molar-refractivity contribution < 1.29 is 14.4 Å². The van der Waals surface area contributed by atoms with E-state index in [1.807, 2.05) is 6.92 Å². The highest BCUT2D eigenvalue weighted by Gasteiger charge is 2.08. The van der Waals surface area contributed by atoms with Gasteiger partial charge in [-0.25, -0.2) is 0 Å². The summed E-state index contributed by atoms with van der Waals surface area (Å²) in [6, 6.07) is 13.7. The number of amides is 3. The van der Waals surface area contributed by atoms with Crippen LogP contribution in [0.2, 0.25) is 0 Å². The number of hydrogen-bond donors (Lipinski definition) is 4. The number of carbonyl (C=O) groups excluding carboxylic acids is 3. The van der Waals surface area contributed by atoms with Gasteiger partial charge in [-0.1, -0.05) is 19.4 Å². The van der Waals surface area contributed by atoms with Gasteiger partial charge in [-0.05, 0) is 55.8 Å². The fourth-order valence-corrected chi connectivity index (χ4v) is 2.61. The Balaban J connectivity index is 1.84. The van der Waals surface area contributed by atoms with Crippen molar-refractivity contribution in [3.8, 4) is 0 Å². The quantitative estimate of drug-likeness (QED) is 0.464. The van der Waals surface area contributed by atoms with Crippen LogP contribution >= 0.6 is 0 Å². The normalized spacial score (nSPS) is 10.1. The van der Waals surface area contributed by atoms with Crippen LogP contribution in [0.4, 0.5) is 11.4 Å². The zero-order valence-electron chi connectivity index (χ0n) is 16.9. The van der Waals surface area contributed by atoms with Crippen molar-refractivity contribution in [3.05, 3.63) is 59.7 Å². The Hall–Kier alpha value is -3.35. The average Bonchev–Trinajstić information content (AvgIpc) is 2.73. The fourth-order valence-electron chi connectivity index (χ4n) is 2.61. The van der Waals surface area contributed by atoms with Gasteiger partial charge in [-0.2, -0.15) is 0 Å². The minimum absolute atomic E-state index is 0.0537. The predicted octanol–water partition coefficient (Wildman–Crippen LogP) is 3.02. The molecule has 0 spiro atoms. The Bertz CT molecular complexity index is 834. The molecule has 4 N–H and O–H groups in total. The molecule has 0 unspecified atom stereocenters. The van der Waals surface area contributed by atoms with Crippen LogP contribution < -0.4 is 21.3 Å². The van der Waals surface area contributed by atoms with Crippen LogP contribution in [0.15, 0.2) is 48.5 Å². The van der Waals surface area contributed by atoms with E-state index in [-0.39, 0.29) is 24.3 Å². The minimum Gasteiger partial charge on any atom is -0.376 e. The molecule has 2 rings (SSSR count). The molecule has 2 aromatic carbocycles. The van der Waals surface area contributed by atoms with Crippen molar-refractivity contribution in [2.24, 2.45) is 0 Å². The van der Waals surface area contributed by atoms with E-state index >= 15 is 0 Å². The van der Waals surface area contributed by atoms with Gasteiger partial charge in [0.2, 0.25) is 5.91 Å². The molecule has 3 amide bonds. The maximum Gasteiger partial charge on any atom is 0.251 e. The molecule has 0 bridgehead atoms. The number of nitrogens with one attached hydrogen (secondary N) is 4. The van der Waals surface area contributed by atoms with Crippen molar-refractivity contribution in [1.82, 2.24) is 10.6 Å². The lowest BCUT2D eigenvalue weighted by Crippen LogP contribution is -2.24. The Morgan fingerprint density at radius 2 is 1.55 bits per heavy atom. The number of unbranched alkanes of at least 4 members (excludes halogenated alkanes) is 1. The van der Waals surface area contributed by atoms with E-state index in [1.165, 1.54) is 0 Å². The second-order valence-corrected chi connectivity index (χ2v) is 6.53. The summed E-state index contributed by atoms with van der Waals surface area (Å²) in [5, 5.41) is 11.4. The SMILES string of the molecule is CCCCNC(=O)c1ccc(NC(=O)CNc2cccc(C(=O)NCC)c2)cc1. The van der Waals surface area contributed by atoms with E-state index in [0.29, 0.717) is 35.6 Å². The largest absolute Gasteiger partial charge is 0.376 e. The Kier molecular flexibility index (Phi) is 8.69. The van der Waals surface area contributed by atoms with Crippen LogP contribution in [0.25, 0.3) is 0 Å². The summed E-state index contributed by atoms with van der Waals surface area (Å²) in [6.45, 7) is 5.19. The molecule has 154 valence electrons. The first-order chi connectivity index (χ1) is 14.0. The summed E-state index contributed by atoms with van der Waals surface area (Å²) in [5.74, 6) is -0.502. The zero-order valence-corrected chi connectivity index (χ0v) is 16.9. The third-order valence-electron chi connectivity index (χ3n) is 4.16. The standard InChI is InChI=1S/C22H28N4O3/c1-3-5-13-24-21(28)16-9-11-18(12-10-16)26-20(27)15-25-19-8-6-7-17(14-19)22(29)23-4-2/h6-12,14,25H,3-5,13,15H2,1-2H3,(H,23,29)(H,24,28)(H,26,27). The molecular weight excluding hydrogens is 368 g/mol. The molecule has 0 radical (unpaired) electrons. The van der Waals surface area contributed by atoms with E-state index in [1.54, 1.807) is 48.5 Å². The van der Waals surface area contributed by atoms with Gasteiger partial charge in [0.1, 0.15) is 0 Å². The number of carbonyl (C=O) groups is 3. The van der Waals surface area contributed by atoms with Gasteiger partial charge in [0.05, 0.1) is 6.54 Å². The highest BCUT2D eigenvalue weighted by atomic mass is 16.2. The van der Waals surface area contributed by atoms with Crippen LogP contribution in [-0.2, 0) is 4.79 Å². The molecule has 7 heteroatoms. The van der Waals surface area contributed by atoms with Gasteiger partial charge >= 0.3 is 0 Å². The number of hydrogen-bond acceptors (Lipinski definition) is 4. The Labute approximate surface area is 171 Å². The molecule has 0 heterocycles. The third-order valence-corrected chi connectivity index (χ3v) is 4.16. The molecule has 0 saturated heterocycles. The first-order valence-electron chi connectivity index (χ1n) is 9.83. The molecule has 0 aliphatic heterocycles. The summed E-state index contributed by atoms with van der Waals surface area (Å²) in [5.41, 5.74) is 2.38. The van der Waals surface area contributed by atoms with E-state index in [9.17, 15) is 14.4 Å². The second kappa shape index (κ2) is 11.5. The fraction of sp³-hybridized carbons (Fsp3) is 0.318. The Morgan fingerprint density at radius 3 is 2.24 bits per heavy atom. The molecular formula is C22H28N4O3. The minimum atomic E-state index is -0.228. The van der Waals surface area contributed by atoms with Crippen LogP contribution in [0.3, 0.4) is 0 Å². The molecule has 0 aromatic heterocycles. The maximum atomic E-state index is 12.2. The average molecular weight is 396 g/mol. The van der Waals surface area contributed by atoms with E-state index in [4.69, 9.17) is 0 Å². The summed E-state index contributed by atoms with van der Waals surface area (Å²) < 4.78 is 0. The molecule has 0 aliphatic carbocycles. The van der Waals surface area contributed by atoms with Crippen LogP contribution in [0, 0.1) is 0 Å². The molecule has 29 heavy (non-hydrogen) atoms. The molecule has 2 aromatic rings. The maximum absolute atomic E-state index is 12.2. The van der Waals surface area contributed by atoms with Gasteiger partial charge in [-0.3, -0.25) is 14.4 Å². The highest BCUT2D eigenvalue weighted by molar-refractivity contribution is 5.97. The van der Waals surface area contributed by atoms with Crippen LogP contribution in [0.1, 0.15) is 47.4 Å². The lowest BCUT2D eigenvalue weighted by molar-refractivity contribution is -0.114. The van der Waals surface area contributed by atoms with Crippen molar-refractivity contribution in [2.45, 2.75) is 26.7 Å². The van der Waals surface area contributed by atoms with Gasteiger partial charge in [-0.15, -0.1) is 0 Å². The smallest absolute Gasteiger partial charge is 0.251 e. The van der Waals surface area contributed by atoms with Gasteiger partial charge in [0.25, 0.3) is 11.8 Å².